The Morgan fingerprint density at radius 3 is 2.74 bits per heavy atom. The van der Waals surface area contributed by atoms with Crippen molar-refractivity contribution < 1.29 is 8.42 Å². The van der Waals surface area contributed by atoms with E-state index in [9.17, 15) is 8.42 Å². The van der Waals surface area contributed by atoms with Crippen molar-refractivity contribution in [2.24, 2.45) is 0 Å². The molecule has 0 bridgehead atoms. The van der Waals surface area contributed by atoms with Crippen LogP contribution in [0.25, 0.3) is 0 Å². The van der Waals surface area contributed by atoms with Crippen LogP contribution in [0.5, 0.6) is 0 Å². The Morgan fingerprint density at radius 1 is 1.26 bits per heavy atom. The average Bonchev–Trinajstić information content (AvgIpc) is 2.97. The second-order valence-corrected chi connectivity index (χ2v) is 7.68. The Hall–Kier alpha value is -2.06. The van der Waals surface area contributed by atoms with Crippen molar-refractivity contribution in [3.05, 3.63) is 42.0 Å². The molecule has 1 atom stereocenters. The molecular formula is C15H19N5O2S. The molecule has 1 N–H and O–H groups in total. The van der Waals surface area contributed by atoms with Crippen molar-refractivity contribution >= 4 is 21.7 Å². The van der Waals surface area contributed by atoms with Crippen molar-refractivity contribution in [1.82, 2.24) is 19.3 Å². The quantitative estimate of drug-likeness (QED) is 0.916. The van der Waals surface area contributed by atoms with Crippen LogP contribution in [0.1, 0.15) is 23.9 Å². The van der Waals surface area contributed by atoms with Gasteiger partial charge in [0.1, 0.15) is 17.5 Å². The first-order chi connectivity index (χ1) is 10.9. The fourth-order valence-electron chi connectivity index (χ4n) is 2.65. The maximum Gasteiger partial charge on any atom is 0.211 e. The lowest BCUT2D eigenvalue weighted by molar-refractivity contribution is 0.476. The molecule has 0 amide bonds. The minimum Gasteiger partial charge on any atom is -0.325 e. The molecule has 0 saturated carbocycles. The number of anilines is 2. The molecule has 0 aromatic carbocycles. The molecule has 0 aliphatic carbocycles. The fourth-order valence-corrected chi connectivity index (χ4v) is 3.53. The van der Waals surface area contributed by atoms with Gasteiger partial charge in [-0.3, -0.25) is 0 Å². The summed E-state index contributed by atoms with van der Waals surface area (Å²) in [6.07, 6.45) is 3.68. The Labute approximate surface area is 135 Å². The highest BCUT2D eigenvalue weighted by Crippen LogP contribution is 2.27. The summed E-state index contributed by atoms with van der Waals surface area (Å²) in [7, 11) is -3.16. The molecule has 8 heteroatoms. The number of hydrogen-bond donors (Lipinski definition) is 1. The molecule has 2 aromatic rings. The number of nitrogens with one attached hydrogen (secondary N) is 1. The summed E-state index contributed by atoms with van der Waals surface area (Å²) >= 11 is 0. The van der Waals surface area contributed by atoms with Gasteiger partial charge < -0.3 is 5.32 Å². The van der Waals surface area contributed by atoms with E-state index in [-0.39, 0.29) is 5.92 Å². The predicted molar refractivity (Wildman–Crippen MR) is 88.1 cm³/mol. The topological polar surface area (TPSA) is 88.1 Å². The van der Waals surface area contributed by atoms with E-state index in [4.69, 9.17) is 0 Å². The molecule has 3 heterocycles. The predicted octanol–water partition coefficient (Wildman–Crippen LogP) is 1.67. The number of nitrogens with zero attached hydrogens (tertiary/aromatic N) is 4. The maximum absolute atomic E-state index is 11.6. The van der Waals surface area contributed by atoms with Gasteiger partial charge in [0.05, 0.1) is 6.26 Å². The van der Waals surface area contributed by atoms with E-state index in [1.54, 1.807) is 6.20 Å². The third kappa shape index (κ3) is 3.83. The van der Waals surface area contributed by atoms with Gasteiger partial charge in [-0.05, 0) is 25.5 Å². The monoisotopic (exact) mass is 333 g/mol. The van der Waals surface area contributed by atoms with Crippen molar-refractivity contribution in [3.8, 4) is 0 Å². The van der Waals surface area contributed by atoms with E-state index >= 15 is 0 Å². The lowest BCUT2D eigenvalue weighted by atomic mass is 10.1. The van der Waals surface area contributed by atoms with Crippen molar-refractivity contribution in [3.63, 3.8) is 0 Å². The van der Waals surface area contributed by atoms with Gasteiger partial charge >= 0.3 is 0 Å². The van der Waals surface area contributed by atoms with Crippen LogP contribution in [0.2, 0.25) is 0 Å². The fraction of sp³-hybridized carbons (Fsp3) is 0.400. The highest BCUT2D eigenvalue weighted by atomic mass is 32.2. The normalized spacial score (nSPS) is 19.0. The van der Waals surface area contributed by atoms with Crippen LogP contribution in [0.15, 0.2) is 30.5 Å². The van der Waals surface area contributed by atoms with Gasteiger partial charge in [-0.2, -0.15) is 0 Å². The Balaban J connectivity index is 1.81. The molecule has 3 rings (SSSR count). The van der Waals surface area contributed by atoms with E-state index in [1.807, 2.05) is 31.2 Å². The number of rotatable bonds is 4. The zero-order valence-corrected chi connectivity index (χ0v) is 13.9. The first kappa shape index (κ1) is 15.8. The summed E-state index contributed by atoms with van der Waals surface area (Å²) in [6, 6.07) is 7.45. The highest BCUT2D eigenvalue weighted by Gasteiger charge is 2.31. The average molecular weight is 333 g/mol. The zero-order valence-electron chi connectivity index (χ0n) is 13.1. The number of aromatic nitrogens is 3. The Morgan fingerprint density at radius 2 is 2.09 bits per heavy atom. The highest BCUT2D eigenvalue weighted by molar-refractivity contribution is 7.88. The molecule has 2 aromatic heterocycles. The molecule has 23 heavy (non-hydrogen) atoms. The van der Waals surface area contributed by atoms with Crippen LogP contribution in [-0.4, -0.2) is 47.0 Å². The van der Waals surface area contributed by atoms with Crippen LogP contribution in [0, 0.1) is 6.92 Å². The molecule has 1 saturated heterocycles. The summed E-state index contributed by atoms with van der Waals surface area (Å²) in [5.41, 5.74) is 0.839. The van der Waals surface area contributed by atoms with Crippen molar-refractivity contribution in [2.75, 3.05) is 24.7 Å². The molecule has 1 fully saturated rings. The summed E-state index contributed by atoms with van der Waals surface area (Å²) in [5.74, 6) is 2.08. The molecule has 1 unspecified atom stereocenters. The second kappa shape index (κ2) is 6.21. The summed E-state index contributed by atoms with van der Waals surface area (Å²) in [6.45, 7) is 2.85. The third-order valence-corrected chi connectivity index (χ3v) is 5.05. The Bertz CT molecular complexity index is 795. The largest absolute Gasteiger partial charge is 0.325 e. The first-order valence-corrected chi connectivity index (χ1v) is 9.25. The molecule has 1 aliphatic heterocycles. The summed E-state index contributed by atoms with van der Waals surface area (Å²) < 4.78 is 24.8. The van der Waals surface area contributed by atoms with Crippen LogP contribution in [0.4, 0.5) is 11.6 Å². The van der Waals surface area contributed by atoms with Gasteiger partial charge in [0.15, 0.2) is 0 Å². The lowest BCUT2D eigenvalue weighted by Crippen LogP contribution is -2.27. The zero-order chi connectivity index (χ0) is 16.4. The standard InChI is InChI=1S/C15H19N5O2S/c1-11-9-14(18-13-5-3-4-7-16-13)19-15(17-11)12-6-8-20(10-12)23(2,21)22/h3-5,7,9,12H,6,8,10H2,1-2H3,(H,16,17,18,19). The smallest absolute Gasteiger partial charge is 0.211 e. The van der Waals surface area contributed by atoms with Crippen LogP contribution in [0.3, 0.4) is 0 Å². The van der Waals surface area contributed by atoms with Crippen LogP contribution < -0.4 is 5.32 Å². The number of sulfonamides is 1. The van der Waals surface area contributed by atoms with Crippen LogP contribution >= 0.6 is 0 Å². The van der Waals surface area contributed by atoms with E-state index < -0.39 is 10.0 Å². The van der Waals surface area contributed by atoms with Crippen molar-refractivity contribution in [2.45, 2.75) is 19.3 Å². The van der Waals surface area contributed by atoms with E-state index in [2.05, 4.69) is 20.3 Å². The van der Waals surface area contributed by atoms with Crippen molar-refractivity contribution in [1.29, 1.82) is 0 Å². The minimum atomic E-state index is -3.16. The molecule has 0 radical (unpaired) electrons. The van der Waals surface area contributed by atoms with Crippen LogP contribution in [-0.2, 0) is 10.0 Å². The second-order valence-electron chi connectivity index (χ2n) is 5.70. The number of pyridine rings is 1. The van der Waals surface area contributed by atoms with Gasteiger partial charge in [0.25, 0.3) is 0 Å². The number of hydrogen-bond acceptors (Lipinski definition) is 6. The SMILES string of the molecule is Cc1cc(Nc2ccccn2)nc(C2CCN(S(C)(=O)=O)C2)n1. The Kier molecular flexibility index (Phi) is 4.27. The first-order valence-electron chi connectivity index (χ1n) is 7.40. The third-order valence-electron chi connectivity index (χ3n) is 3.78. The van der Waals surface area contributed by atoms with Gasteiger partial charge in [-0.25, -0.2) is 27.7 Å². The molecule has 1 aliphatic rings. The summed E-state index contributed by atoms with van der Waals surface area (Å²) in [5, 5.41) is 3.16. The maximum atomic E-state index is 11.6. The summed E-state index contributed by atoms with van der Waals surface area (Å²) in [4.78, 5) is 13.2. The van der Waals surface area contributed by atoms with Gasteiger partial charge in [0, 0.05) is 37.0 Å². The molecule has 122 valence electrons. The van der Waals surface area contributed by atoms with Gasteiger partial charge in [-0.15, -0.1) is 0 Å². The molecule has 7 nitrogen and oxygen atoms in total. The lowest BCUT2D eigenvalue weighted by Gasteiger charge is -2.14. The number of aryl methyl sites for hydroxylation is 1. The molecular weight excluding hydrogens is 314 g/mol. The van der Waals surface area contributed by atoms with Gasteiger partial charge in [-0.1, -0.05) is 6.07 Å². The van der Waals surface area contributed by atoms with E-state index in [0.717, 1.165) is 12.1 Å². The van der Waals surface area contributed by atoms with E-state index in [1.165, 1.54) is 10.6 Å². The molecule has 0 spiro atoms. The minimum absolute atomic E-state index is 0.0221. The van der Waals surface area contributed by atoms with Gasteiger partial charge in [0.2, 0.25) is 10.0 Å². The van der Waals surface area contributed by atoms with E-state index in [0.29, 0.717) is 30.5 Å².